The van der Waals surface area contributed by atoms with Gasteiger partial charge in [0.1, 0.15) is 5.56 Å². The number of aryl methyl sites for hydroxylation is 2. The van der Waals surface area contributed by atoms with E-state index in [0.717, 1.165) is 40.8 Å². The summed E-state index contributed by atoms with van der Waals surface area (Å²) in [4.78, 5) is 30.1. The number of H-pyrrole nitrogens is 1. The zero-order chi connectivity index (χ0) is 26.6. The molecule has 5 aromatic rings. The molecule has 12 nitrogen and oxygen atoms in total. The van der Waals surface area contributed by atoms with Crippen molar-refractivity contribution in [3.05, 3.63) is 82.4 Å². The van der Waals surface area contributed by atoms with E-state index in [-0.39, 0.29) is 23.6 Å². The number of hydrogen-bond donors (Lipinski definition) is 2. The molecule has 0 saturated heterocycles. The number of imidazole rings is 1. The molecule has 1 aromatic carbocycles. The predicted octanol–water partition coefficient (Wildman–Crippen LogP) is 3.19. The summed E-state index contributed by atoms with van der Waals surface area (Å²) in [5.41, 5.74) is 3.87. The third-order valence-electron chi connectivity index (χ3n) is 6.47. The Balaban J connectivity index is 1.64. The van der Waals surface area contributed by atoms with Crippen LogP contribution in [0.15, 0.2) is 59.9 Å². The number of tetrazole rings is 1. The molecule has 0 bridgehead atoms. The van der Waals surface area contributed by atoms with Crippen molar-refractivity contribution < 1.29 is 9.90 Å². The molecule has 0 spiro atoms. The SMILES string of the molecule is CCCCc1cn(-c2c(C(=O)O)cnn2CC)c(=O)n1Cc1cnccc1-c1ccccc1-c1nnn[nH]1. The van der Waals surface area contributed by atoms with E-state index in [1.807, 2.05) is 37.3 Å². The van der Waals surface area contributed by atoms with Crippen LogP contribution in [0.5, 0.6) is 0 Å². The number of pyridine rings is 1. The Labute approximate surface area is 217 Å². The smallest absolute Gasteiger partial charge is 0.341 e. The maximum absolute atomic E-state index is 13.8. The van der Waals surface area contributed by atoms with Crippen molar-refractivity contribution in [1.82, 2.24) is 44.5 Å². The fraction of sp³-hybridized carbons (Fsp3) is 0.269. The van der Waals surface area contributed by atoms with Crippen LogP contribution in [0.1, 0.15) is 48.3 Å². The minimum absolute atomic E-state index is 0.0233. The number of hydrogen-bond acceptors (Lipinski definition) is 7. The first-order chi connectivity index (χ1) is 18.5. The van der Waals surface area contributed by atoms with Crippen molar-refractivity contribution in [3.63, 3.8) is 0 Å². The van der Waals surface area contributed by atoms with Gasteiger partial charge in [0.2, 0.25) is 0 Å². The molecule has 12 heteroatoms. The Morgan fingerprint density at radius 1 is 1.08 bits per heavy atom. The van der Waals surface area contributed by atoms with Crippen molar-refractivity contribution in [2.45, 2.75) is 46.2 Å². The van der Waals surface area contributed by atoms with Gasteiger partial charge in [0.25, 0.3) is 0 Å². The Hall–Kier alpha value is -4.87. The van der Waals surface area contributed by atoms with Gasteiger partial charge in [-0.25, -0.2) is 19.4 Å². The summed E-state index contributed by atoms with van der Waals surface area (Å²) in [5, 5.41) is 28.2. The van der Waals surface area contributed by atoms with Crippen molar-refractivity contribution in [2.75, 3.05) is 0 Å². The molecule has 4 aromatic heterocycles. The summed E-state index contributed by atoms with van der Waals surface area (Å²) in [5.74, 6) is -0.358. The van der Waals surface area contributed by atoms with E-state index in [2.05, 4.69) is 37.6 Å². The number of unbranched alkanes of at least 4 members (excludes halogenated alkanes) is 1. The normalized spacial score (nSPS) is 11.2. The first-order valence-corrected chi connectivity index (χ1v) is 12.4. The van der Waals surface area contributed by atoms with Crippen LogP contribution in [0.4, 0.5) is 0 Å². The zero-order valence-corrected chi connectivity index (χ0v) is 21.1. The maximum atomic E-state index is 13.8. The van der Waals surface area contributed by atoms with Gasteiger partial charge in [-0.2, -0.15) is 5.10 Å². The summed E-state index contributed by atoms with van der Waals surface area (Å²) in [6.45, 7) is 4.61. The van der Waals surface area contributed by atoms with Crippen molar-refractivity contribution >= 4 is 5.97 Å². The van der Waals surface area contributed by atoms with Crippen LogP contribution >= 0.6 is 0 Å². The van der Waals surface area contributed by atoms with Crippen LogP contribution in [0, 0.1) is 0 Å². The molecule has 0 aliphatic rings. The first-order valence-electron chi connectivity index (χ1n) is 12.4. The number of aromatic carboxylic acids is 1. The Bertz CT molecular complexity index is 1630. The van der Waals surface area contributed by atoms with Crippen molar-refractivity contribution in [1.29, 1.82) is 0 Å². The lowest BCUT2D eigenvalue weighted by Crippen LogP contribution is -2.27. The van der Waals surface area contributed by atoms with Gasteiger partial charge in [0.05, 0.1) is 12.7 Å². The molecule has 0 saturated carbocycles. The maximum Gasteiger partial charge on any atom is 0.341 e. The minimum Gasteiger partial charge on any atom is -0.477 e. The number of nitrogens with zero attached hydrogens (tertiary/aromatic N) is 8. The fourth-order valence-electron chi connectivity index (χ4n) is 4.60. The van der Waals surface area contributed by atoms with Crippen molar-refractivity contribution in [3.8, 4) is 28.3 Å². The molecular weight excluding hydrogens is 486 g/mol. The average molecular weight is 514 g/mol. The summed E-state index contributed by atoms with van der Waals surface area (Å²) in [6, 6.07) is 9.65. The van der Waals surface area contributed by atoms with Crippen LogP contribution in [0.25, 0.3) is 28.3 Å². The highest BCUT2D eigenvalue weighted by molar-refractivity contribution is 5.91. The molecule has 38 heavy (non-hydrogen) atoms. The van der Waals surface area contributed by atoms with E-state index in [1.54, 1.807) is 23.2 Å². The summed E-state index contributed by atoms with van der Waals surface area (Å²) in [6.07, 6.45) is 8.96. The lowest BCUT2D eigenvalue weighted by molar-refractivity contribution is 0.0696. The molecule has 0 atom stereocenters. The van der Waals surface area contributed by atoms with Gasteiger partial charge in [-0.3, -0.25) is 14.1 Å². The fourth-order valence-corrected chi connectivity index (χ4v) is 4.60. The van der Waals surface area contributed by atoms with Crippen molar-refractivity contribution in [2.24, 2.45) is 0 Å². The van der Waals surface area contributed by atoms with E-state index < -0.39 is 5.97 Å². The molecule has 0 radical (unpaired) electrons. The number of benzene rings is 1. The van der Waals surface area contributed by atoms with E-state index in [9.17, 15) is 14.7 Å². The first kappa shape index (κ1) is 24.8. The van der Waals surface area contributed by atoms with Gasteiger partial charge in [-0.15, -0.1) is 5.10 Å². The second kappa shape index (κ2) is 10.6. The molecule has 0 aliphatic carbocycles. The molecule has 0 amide bonds. The van der Waals surface area contributed by atoms with Crippen LogP contribution in [0.2, 0.25) is 0 Å². The van der Waals surface area contributed by atoms with Gasteiger partial charge in [-0.05, 0) is 52.9 Å². The molecule has 4 heterocycles. The van der Waals surface area contributed by atoms with Gasteiger partial charge in [0, 0.05) is 36.4 Å². The zero-order valence-electron chi connectivity index (χ0n) is 21.1. The molecule has 5 rings (SSSR count). The summed E-state index contributed by atoms with van der Waals surface area (Å²) >= 11 is 0. The predicted molar refractivity (Wildman–Crippen MR) is 139 cm³/mol. The van der Waals surface area contributed by atoms with Gasteiger partial charge >= 0.3 is 11.7 Å². The third-order valence-corrected chi connectivity index (χ3v) is 6.47. The lowest BCUT2D eigenvalue weighted by atomic mass is 9.96. The quantitative estimate of drug-likeness (QED) is 0.289. The number of aromatic amines is 1. The number of nitrogens with one attached hydrogen (secondary N) is 1. The Kier molecular flexibility index (Phi) is 6.94. The third kappa shape index (κ3) is 4.51. The van der Waals surface area contributed by atoms with Gasteiger partial charge in [-0.1, -0.05) is 37.6 Å². The highest BCUT2D eigenvalue weighted by Crippen LogP contribution is 2.32. The minimum atomic E-state index is -1.14. The average Bonchev–Trinajstić information content (AvgIpc) is 3.68. The largest absolute Gasteiger partial charge is 0.477 e. The summed E-state index contributed by atoms with van der Waals surface area (Å²) in [7, 11) is 0. The Morgan fingerprint density at radius 2 is 1.89 bits per heavy atom. The molecule has 0 unspecified atom stereocenters. The topological polar surface area (TPSA) is 149 Å². The van der Waals surface area contributed by atoms with E-state index in [1.165, 1.54) is 15.4 Å². The molecule has 2 N–H and O–H groups in total. The monoisotopic (exact) mass is 513 g/mol. The number of carbonyl (C=O) groups is 1. The van der Waals surface area contributed by atoms with Crippen LogP contribution < -0.4 is 5.69 Å². The lowest BCUT2D eigenvalue weighted by Gasteiger charge is -2.14. The summed E-state index contributed by atoms with van der Waals surface area (Å²) < 4.78 is 4.61. The van der Waals surface area contributed by atoms with Gasteiger partial charge < -0.3 is 5.11 Å². The molecule has 0 aliphatic heterocycles. The van der Waals surface area contributed by atoms with Gasteiger partial charge in [0.15, 0.2) is 11.6 Å². The van der Waals surface area contributed by atoms with E-state index in [0.29, 0.717) is 18.8 Å². The highest BCUT2D eigenvalue weighted by atomic mass is 16.4. The Morgan fingerprint density at radius 3 is 2.61 bits per heavy atom. The second-order valence-corrected chi connectivity index (χ2v) is 8.79. The second-order valence-electron chi connectivity index (χ2n) is 8.79. The van der Waals surface area contributed by atoms with Crippen LogP contribution in [0.3, 0.4) is 0 Å². The number of rotatable bonds is 10. The number of carboxylic acids is 1. The molecular formula is C26H27N9O3. The van der Waals surface area contributed by atoms with E-state index >= 15 is 0 Å². The van der Waals surface area contributed by atoms with Crippen LogP contribution in [-0.2, 0) is 19.5 Å². The highest BCUT2D eigenvalue weighted by Gasteiger charge is 2.23. The number of aromatic nitrogens is 9. The van der Waals surface area contributed by atoms with E-state index in [4.69, 9.17) is 0 Å². The molecule has 194 valence electrons. The number of carboxylic acid groups (broad SMARTS) is 1. The molecule has 0 fully saturated rings. The van der Waals surface area contributed by atoms with Crippen LogP contribution in [-0.4, -0.2) is 55.6 Å². The standard InChI is InChI=1S/C26H27N9O3/c1-3-5-8-18-16-34(24-22(25(36)37)14-28-35(24)4-2)26(38)33(18)15-17-13-27-12-11-19(17)20-9-6-7-10-21(20)23-29-31-32-30-23/h6-7,9-14,16H,3-5,8,15H2,1-2H3,(H,36,37)(H,29,30,31,32).